The zero-order valence-electron chi connectivity index (χ0n) is 10.7. The van der Waals surface area contributed by atoms with Crippen LogP contribution in [0.4, 0.5) is 0 Å². The number of hydrogen-bond acceptors (Lipinski definition) is 1. The molecule has 94 valence electrons. The summed E-state index contributed by atoms with van der Waals surface area (Å²) in [5, 5.41) is 4.41. The monoisotopic (exact) mass is 260 g/mol. The first kappa shape index (κ1) is 12.9. The number of benzene rings is 1. The summed E-state index contributed by atoms with van der Waals surface area (Å²) in [5.74, 6) is 0. The normalized spacial score (nSPS) is 13.6. The highest BCUT2D eigenvalue weighted by molar-refractivity contribution is 6.22. The molecule has 1 aromatic heterocycles. The maximum Gasteiger partial charge on any atom is 0.0659 e. The Labute approximate surface area is 113 Å². The standard InChI is InChI=1S/C15H17ClN2/c1-12(13(2)16)8-15-9-17-18(11-15)10-14-6-4-3-5-7-14/h3-9,11,13H,10H2,1-2H3/b12-8+. The predicted molar refractivity (Wildman–Crippen MR) is 76.7 cm³/mol. The molecule has 2 nitrogen and oxygen atoms in total. The van der Waals surface area contributed by atoms with E-state index in [4.69, 9.17) is 11.6 Å². The summed E-state index contributed by atoms with van der Waals surface area (Å²) >= 11 is 6.02. The van der Waals surface area contributed by atoms with Gasteiger partial charge in [-0.25, -0.2) is 0 Å². The van der Waals surface area contributed by atoms with Crippen LogP contribution in [0.3, 0.4) is 0 Å². The molecule has 1 heterocycles. The van der Waals surface area contributed by atoms with Crippen LogP contribution in [-0.2, 0) is 6.54 Å². The number of allylic oxidation sites excluding steroid dienone is 1. The van der Waals surface area contributed by atoms with Gasteiger partial charge in [0.15, 0.2) is 0 Å². The quantitative estimate of drug-likeness (QED) is 0.761. The number of aromatic nitrogens is 2. The van der Waals surface area contributed by atoms with Crippen molar-refractivity contribution < 1.29 is 0 Å². The van der Waals surface area contributed by atoms with Gasteiger partial charge in [0.1, 0.15) is 0 Å². The smallest absolute Gasteiger partial charge is 0.0659 e. The van der Waals surface area contributed by atoms with Crippen LogP contribution in [0.25, 0.3) is 6.08 Å². The summed E-state index contributed by atoms with van der Waals surface area (Å²) < 4.78 is 1.94. The first-order valence-corrected chi connectivity index (χ1v) is 6.47. The van der Waals surface area contributed by atoms with Crippen molar-refractivity contribution in [2.45, 2.75) is 25.8 Å². The Balaban J connectivity index is 2.09. The Kier molecular flexibility index (Phi) is 4.21. The largest absolute Gasteiger partial charge is 0.268 e. The van der Waals surface area contributed by atoms with Crippen molar-refractivity contribution in [2.75, 3.05) is 0 Å². The molecule has 2 rings (SSSR count). The van der Waals surface area contributed by atoms with Crippen LogP contribution in [0.2, 0.25) is 0 Å². The lowest BCUT2D eigenvalue weighted by Crippen LogP contribution is -1.99. The fourth-order valence-electron chi connectivity index (χ4n) is 1.69. The molecule has 1 aromatic carbocycles. The fraction of sp³-hybridized carbons (Fsp3) is 0.267. The van der Waals surface area contributed by atoms with E-state index in [1.54, 1.807) is 0 Å². The molecular weight excluding hydrogens is 244 g/mol. The number of nitrogens with zero attached hydrogens (tertiary/aromatic N) is 2. The van der Waals surface area contributed by atoms with E-state index < -0.39 is 0 Å². The molecule has 0 bridgehead atoms. The number of rotatable bonds is 4. The van der Waals surface area contributed by atoms with Gasteiger partial charge in [0, 0.05) is 11.8 Å². The van der Waals surface area contributed by atoms with Gasteiger partial charge in [0.2, 0.25) is 0 Å². The third kappa shape index (κ3) is 3.47. The molecule has 3 heteroatoms. The zero-order chi connectivity index (χ0) is 13.0. The molecule has 0 saturated heterocycles. The summed E-state index contributed by atoms with van der Waals surface area (Å²) in [4.78, 5) is 0. The van der Waals surface area contributed by atoms with Crippen LogP contribution in [0.15, 0.2) is 48.3 Å². The fourth-order valence-corrected chi connectivity index (χ4v) is 1.75. The molecule has 0 saturated carbocycles. The molecule has 0 aliphatic carbocycles. The van der Waals surface area contributed by atoms with Gasteiger partial charge in [-0.05, 0) is 19.4 Å². The molecule has 0 radical (unpaired) electrons. The maximum absolute atomic E-state index is 6.02. The maximum atomic E-state index is 6.02. The van der Waals surface area contributed by atoms with Gasteiger partial charge in [0.05, 0.1) is 18.1 Å². The molecule has 2 aromatic rings. The Hall–Kier alpha value is -1.54. The molecule has 0 fully saturated rings. The van der Waals surface area contributed by atoms with Gasteiger partial charge in [-0.3, -0.25) is 4.68 Å². The number of halogens is 1. The van der Waals surface area contributed by atoms with Crippen molar-refractivity contribution in [3.8, 4) is 0 Å². The summed E-state index contributed by atoms with van der Waals surface area (Å²) in [7, 11) is 0. The lowest BCUT2D eigenvalue weighted by atomic mass is 10.2. The summed E-state index contributed by atoms with van der Waals surface area (Å²) in [6, 6.07) is 10.3. The average Bonchev–Trinajstić information content (AvgIpc) is 2.77. The second-order valence-corrected chi connectivity index (χ2v) is 5.12. The third-order valence-corrected chi connectivity index (χ3v) is 3.21. The van der Waals surface area contributed by atoms with E-state index in [0.29, 0.717) is 0 Å². The lowest BCUT2D eigenvalue weighted by molar-refractivity contribution is 0.687. The minimum Gasteiger partial charge on any atom is -0.268 e. The van der Waals surface area contributed by atoms with Crippen LogP contribution >= 0.6 is 11.6 Å². The van der Waals surface area contributed by atoms with Crippen LogP contribution in [0.5, 0.6) is 0 Å². The van der Waals surface area contributed by atoms with Crippen molar-refractivity contribution in [3.63, 3.8) is 0 Å². The van der Waals surface area contributed by atoms with E-state index in [1.165, 1.54) is 5.56 Å². The van der Waals surface area contributed by atoms with Crippen LogP contribution in [-0.4, -0.2) is 15.2 Å². The average molecular weight is 261 g/mol. The molecule has 0 aliphatic heterocycles. The zero-order valence-corrected chi connectivity index (χ0v) is 11.4. The highest BCUT2D eigenvalue weighted by Gasteiger charge is 2.01. The highest BCUT2D eigenvalue weighted by Crippen LogP contribution is 2.13. The summed E-state index contributed by atoms with van der Waals surface area (Å²) in [6.45, 7) is 4.80. The van der Waals surface area contributed by atoms with E-state index in [9.17, 15) is 0 Å². The third-order valence-electron chi connectivity index (χ3n) is 2.86. The van der Waals surface area contributed by atoms with Crippen LogP contribution in [0, 0.1) is 0 Å². The molecule has 0 aliphatic rings. The minimum atomic E-state index is 0.0578. The molecule has 0 spiro atoms. The topological polar surface area (TPSA) is 17.8 Å². The van der Waals surface area contributed by atoms with Crippen molar-refractivity contribution in [1.29, 1.82) is 0 Å². The Bertz CT molecular complexity index is 526. The van der Waals surface area contributed by atoms with Gasteiger partial charge in [-0.1, -0.05) is 42.0 Å². The van der Waals surface area contributed by atoms with Crippen molar-refractivity contribution in [3.05, 3.63) is 59.4 Å². The van der Waals surface area contributed by atoms with Gasteiger partial charge < -0.3 is 0 Å². The van der Waals surface area contributed by atoms with Gasteiger partial charge in [0.25, 0.3) is 0 Å². The first-order valence-electron chi connectivity index (χ1n) is 6.04. The van der Waals surface area contributed by atoms with E-state index in [-0.39, 0.29) is 5.38 Å². The van der Waals surface area contributed by atoms with Crippen molar-refractivity contribution in [2.24, 2.45) is 0 Å². The molecule has 1 unspecified atom stereocenters. The SMILES string of the molecule is C/C(=C\c1cnn(Cc2ccccc2)c1)C(C)Cl. The second kappa shape index (κ2) is 5.87. The Morgan fingerprint density at radius 3 is 2.78 bits per heavy atom. The highest BCUT2D eigenvalue weighted by atomic mass is 35.5. The van der Waals surface area contributed by atoms with Gasteiger partial charge in [-0.2, -0.15) is 5.10 Å². The van der Waals surface area contributed by atoms with Crippen molar-refractivity contribution in [1.82, 2.24) is 9.78 Å². The number of alkyl halides is 1. The summed E-state index contributed by atoms with van der Waals surface area (Å²) in [5.41, 5.74) is 3.49. The predicted octanol–water partition coefficient (Wildman–Crippen LogP) is 3.96. The van der Waals surface area contributed by atoms with Crippen LogP contribution in [0.1, 0.15) is 25.0 Å². The van der Waals surface area contributed by atoms with Crippen molar-refractivity contribution >= 4 is 17.7 Å². The molecule has 18 heavy (non-hydrogen) atoms. The second-order valence-electron chi connectivity index (χ2n) is 4.46. The summed E-state index contributed by atoms with van der Waals surface area (Å²) in [6.07, 6.45) is 5.98. The Morgan fingerprint density at radius 2 is 2.11 bits per heavy atom. The van der Waals surface area contributed by atoms with E-state index in [1.807, 2.05) is 49.1 Å². The van der Waals surface area contributed by atoms with Crippen LogP contribution < -0.4 is 0 Å². The van der Waals surface area contributed by atoms with E-state index >= 15 is 0 Å². The number of hydrogen-bond donors (Lipinski definition) is 0. The molecule has 0 amide bonds. The minimum absolute atomic E-state index is 0.0578. The molecule has 1 atom stereocenters. The molecule has 0 N–H and O–H groups in total. The van der Waals surface area contributed by atoms with Gasteiger partial charge in [-0.15, -0.1) is 11.6 Å². The van der Waals surface area contributed by atoms with E-state index in [0.717, 1.165) is 17.7 Å². The van der Waals surface area contributed by atoms with Gasteiger partial charge >= 0.3 is 0 Å². The van der Waals surface area contributed by atoms with E-state index in [2.05, 4.69) is 23.3 Å². The Morgan fingerprint density at radius 1 is 1.39 bits per heavy atom. The lowest BCUT2D eigenvalue weighted by Gasteiger charge is -2.01. The molecular formula is C15H17ClN2. The first-order chi connectivity index (χ1) is 8.65.